The van der Waals surface area contributed by atoms with Gasteiger partial charge in [0.05, 0.1) is 7.11 Å². The highest BCUT2D eigenvalue weighted by atomic mass is 16.5. The number of amides is 1. The molecule has 1 aliphatic rings. The van der Waals surface area contributed by atoms with Crippen LogP contribution in [0.25, 0.3) is 0 Å². The number of hydrogen-bond acceptors (Lipinski definition) is 5. The number of methoxy groups -OCH3 is 1. The van der Waals surface area contributed by atoms with Gasteiger partial charge in [-0.2, -0.15) is 0 Å². The summed E-state index contributed by atoms with van der Waals surface area (Å²) in [7, 11) is 3.63. The Bertz CT molecular complexity index is 485. The van der Waals surface area contributed by atoms with Gasteiger partial charge in [-0.1, -0.05) is 6.07 Å². The maximum atomic E-state index is 12.1. The minimum atomic E-state index is 0.00746. The van der Waals surface area contributed by atoms with Crippen LogP contribution in [0.2, 0.25) is 0 Å². The summed E-state index contributed by atoms with van der Waals surface area (Å²) in [5.74, 6) is 1.18. The van der Waals surface area contributed by atoms with Crippen molar-refractivity contribution in [1.29, 1.82) is 0 Å². The summed E-state index contributed by atoms with van der Waals surface area (Å²) in [6.45, 7) is 3.78. The first-order valence-electron chi connectivity index (χ1n) is 7.10. The molecule has 1 aromatic rings. The van der Waals surface area contributed by atoms with Gasteiger partial charge >= 0.3 is 0 Å². The number of nitrogens with two attached hydrogens (primary N) is 1. The Balaban J connectivity index is 1.91. The van der Waals surface area contributed by atoms with Crippen LogP contribution in [0.4, 0.5) is 0 Å². The molecule has 0 aromatic heterocycles. The predicted molar refractivity (Wildman–Crippen MR) is 80.5 cm³/mol. The average Bonchev–Trinajstić information content (AvgIpc) is 2.53. The lowest BCUT2D eigenvalue weighted by atomic mass is 10.2. The lowest BCUT2D eigenvalue weighted by molar-refractivity contribution is -0.134. The minimum absolute atomic E-state index is 0.00746. The van der Waals surface area contributed by atoms with E-state index in [1.807, 2.05) is 17.0 Å². The number of ether oxygens (including phenoxy) is 2. The molecule has 21 heavy (non-hydrogen) atoms. The molecule has 1 aliphatic heterocycles. The van der Waals surface area contributed by atoms with Gasteiger partial charge in [0.1, 0.15) is 0 Å². The summed E-state index contributed by atoms with van der Waals surface area (Å²) in [6, 6.07) is 5.49. The standard InChI is InChI=1S/C15H23N3O3/c1-17-5-7-18(8-6-17)15(19)11-21-13-4-3-12(10-16)9-14(13)20-2/h3-4,9H,5-8,10-11,16H2,1-2H3. The van der Waals surface area contributed by atoms with Crippen LogP contribution < -0.4 is 15.2 Å². The number of carbonyl (C=O) groups is 1. The van der Waals surface area contributed by atoms with E-state index in [-0.39, 0.29) is 12.5 Å². The molecule has 1 saturated heterocycles. The average molecular weight is 293 g/mol. The Morgan fingerprint density at radius 1 is 1.24 bits per heavy atom. The molecule has 2 N–H and O–H groups in total. The SMILES string of the molecule is COc1cc(CN)ccc1OCC(=O)N1CCN(C)CC1. The highest BCUT2D eigenvalue weighted by Gasteiger charge is 2.19. The zero-order chi connectivity index (χ0) is 15.2. The van der Waals surface area contributed by atoms with E-state index in [0.717, 1.165) is 31.7 Å². The Morgan fingerprint density at radius 2 is 1.95 bits per heavy atom. The second kappa shape index (κ2) is 7.28. The lowest BCUT2D eigenvalue weighted by Gasteiger charge is -2.32. The van der Waals surface area contributed by atoms with E-state index in [9.17, 15) is 4.79 Å². The molecule has 0 atom stereocenters. The zero-order valence-corrected chi connectivity index (χ0v) is 12.7. The van der Waals surface area contributed by atoms with Gasteiger partial charge in [0.15, 0.2) is 18.1 Å². The number of piperazine rings is 1. The molecule has 1 aromatic carbocycles. The van der Waals surface area contributed by atoms with E-state index in [1.165, 1.54) is 0 Å². The van der Waals surface area contributed by atoms with E-state index in [4.69, 9.17) is 15.2 Å². The fourth-order valence-corrected chi connectivity index (χ4v) is 2.24. The summed E-state index contributed by atoms with van der Waals surface area (Å²) in [5.41, 5.74) is 6.56. The number of hydrogen-bond donors (Lipinski definition) is 1. The molecule has 0 bridgehead atoms. The summed E-state index contributed by atoms with van der Waals surface area (Å²) >= 11 is 0. The highest BCUT2D eigenvalue weighted by molar-refractivity contribution is 5.78. The Morgan fingerprint density at radius 3 is 2.57 bits per heavy atom. The van der Waals surface area contributed by atoms with Gasteiger partial charge < -0.3 is 25.0 Å². The van der Waals surface area contributed by atoms with Gasteiger partial charge in [-0.15, -0.1) is 0 Å². The monoisotopic (exact) mass is 293 g/mol. The molecule has 1 amide bonds. The predicted octanol–water partition coefficient (Wildman–Crippen LogP) is 0.307. The largest absolute Gasteiger partial charge is 0.493 e. The number of nitrogens with zero attached hydrogens (tertiary/aromatic N) is 2. The number of benzene rings is 1. The second-order valence-electron chi connectivity index (χ2n) is 5.16. The third-order valence-corrected chi connectivity index (χ3v) is 3.67. The van der Waals surface area contributed by atoms with E-state index in [1.54, 1.807) is 13.2 Å². The first-order chi connectivity index (χ1) is 10.1. The van der Waals surface area contributed by atoms with Crippen LogP contribution >= 0.6 is 0 Å². The Kier molecular flexibility index (Phi) is 5.41. The molecule has 6 heteroatoms. The summed E-state index contributed by atoms with van der Waals surface area (Å²) < 4.78 is 10.9. The highest BCUT2D eigenvalue weighted by Crippen LogP contribution is 2.27. The van der Waals surface area contributed by atoms with Crippen LogP contribution in [0.3, 0.4) is 0 Å². The number of rotatable bonds is 5. The van der Waals surface area contributed by atoms with Crippen LogP contribution in [0.1, 0.15) is 5.56 Å². The minimum Gasteiger partial charge on any atom is -0.493 e. The molecule has 0 radical (unpaired) electrons. The van der Waals surface area contributed by atoms with Crippen molar-refractivity contribution in [3.05, 3.63) is 23.8 Å². The van der Waals surface area contributed by atoms with Crippen molar-refractivity contribution < 1.29 is 14.3 Å². The van der Waals surface area contributed by atoms with Crippen molar-refractivity contribution in [2.45, 2.75) is 6.54 Å². The maximum Gasteiger partial charge on any atom is 0.260 e. The number of carbonyl (C=O) groups excluding carboxylic acids is 1. The van der Waals surface area contributed by atoms with Crippen LogP contribution in [0.15, 0.2) is 18.2 Å². The van der Waals surface area contributed by atoms with Crippen LogP contribution in [-0.4, -0.2) is 62.7 Å². The van der Waals surface area contributed by atoms with Gasteiger partial charge in [-0.05, 0) is 24.7 Å². The topological polar surface area (TPSA) is 68.0 Å². The van der Waals surface area contributed by atoms with Crippen LogP contribution in [0, 0.1) is 0 Å². The Labute approximate surface area is 125 Å². The third kappa shape index (κ3) is 4.09. The molecule has 6 nitrogen and oxygen atoms in total. The van der Waals surface area contributed by atoms with E-state index >= 15 is 0 Å². The summed E-state index contributed by atoms with van der Waals surface area (Å²) in [4.78, 5) is 16.2. The second-order valence-corrected chi connectivity index (χ2v) is 5.16. The van der Waals surface area contributed by atoms with Crippen molar-refractivity contribution >= 4 is 5.91 Å². The first kappa shape index (κ1) is 15.6. The number of likely N-dealkylation sites (N-methyl/N-ethyl adjacent to an activating group) is 1. The van der Waals surface area contributed by atoms with Gasteiger partial charge in [0, 0.05) is 32.7 Å². The van der Waals surface area contributed by atoms with Crippen molar-refractivity contribution in [2.24, 2.45) is 5.73 Å². The summed E-state index contributed by atoms with van der Waals surface area (Å²) in [6.07, 6.45) is 0. The van der Waals surface area contributed by atoms with Crippen molar-refractivity contribution in [1.82, 2.24) is 9.80 Å². The molecular formula is C15H23N3O3. The van der Waals surface area contributed by atoms with Gasteiger partial charge in [-0.3, -0.25) is 4.79 Å². The molecule has 0 spiro atoms. The van der Waals surface area contributed by atoms with Crippen molar-refractivity contribution in [3.63, 3.8) is 0 Å². The van der Waals surface area contributed by atoms with Crippen molar-refractivity contribution in [3.8, 4) is 11.5 Å². The van der Waals surface area contributed by atoms with E-state index in [0.29, 0.717) is 18.0 Å². The molecule has 0 unspecified atom stereocenters. The smallest absolute Gasteiger partial charge is 0.260 e. The molecule has 1 heterocycles. The maximum absolute atomic E-state index is 12.1. The Hall–Kier alpha value is -1.79. The molecule has 0 saturated carbocycles. The zero-order valence-electron chi connectivity index (χ0n) is 12.7. The fourth-order valence-electron chi connectivity index (χ4n) is 2.24. The van der Waals surface area contributed by atoms with Gasteiger partial charge in [0.25, 0.3) is 5.91 Å². The molecule has 0 aliphatic carbocycles. The third-order valence-electron chi connectivity index (χ3n) is 3.67. The first-order valence-corrected chi connectivity index (χ1v) is 7.10. The fraction of sp³-hybridized carbons (Fsp3) is 0.533. The molecular weight excluding hydrogens is 270 g/mol. The molecule has 1 fully saturated rings. The van der Waals surface area contributed by atoms with E-state index in [2.05, 4.69) is 11.9 Å². The van der Waals surface area contributed by atoms with Crippen molar-refractivity contribution in [2.75, 3.05) is 46.9 Å². The molecule has 2 rings (SSSR count). The molecule has 116 valence electrons. The lowest BCUT2D eigenvalue weighted by Crippen LogP contribution is -2.48. The summed E-state index contributed by atoms with van der Waals surface area (Å²) in [5, 5.41) is 0. The van der Waals surface area contributed by atoms with Crippen LogP contribution in [-0.2, 0) is 11.3 Å². The quantitative estimate of drug-likeness (QED) is 0.846. The normalized spacial score (nSPS) is 15.9. The van der Waals surface area contributed by atoms with Crippen LogP contribution in [0.5, 0.6) is 11.5 Å². The van der Waals surface area contributed by atoms with Gasteiger partial charge in [0.2, 0.25) is 0 Å². The van der Waals surface area contributed by atoms with E-state index < -0.39 is 0 Å². The van der Waals surface area contributed by atoms with Gasteiger partial charge in [-0.25, -0.2) is 0 Å².